The lowest BCUT2D eigenvalue weighted by Crippen LogP contribution is -2.33. The lowest BCUT2D eigenvalue weighted by Gasteiger charge is -2.22. The van der Waals surface area contributed by atoms with Crippen LogP contribution in [0.15, 0.2) is 0 Å². The normalized spacial score (nSPS) is 22.6. The molecule has 4 heteroatoms. The van der Waals surface area contributed by atoms with Crippen LogP contribution >= 0.6 is 11.3 Å². The van der Waals surface area contributed by atoms with Crippen molar-refractivity contribution in [3.05, 3.63) is 15.6 Å². The Morgan fingerprint density at radius 3 is 3.07 bits per heavy atom. The first-order valence-electron chi connectivity index (χ1n) is 5.09. The SMILES string of the molecule is CCc1nc(C)c(C2CNCCO2)s1. The fourth-order valence-corrected chi connectivity index (χ4v) is 2.71. The first kappa shape index (κ1) is 10.1. The maximum Gasteiger partial charge on any atom is 0.106 e. The molecule has 1 saturated heterocycles. The van der Waals surface area contributed by atoms with Gasteiger partial charge in [-0.25, -0.2) is 4.98 Å². The van der Waals surface area contributed by atoms with Gasteiger partial charge in [0.25, 0.3) is 0 Å². The van der Waals surface area contributed by atoms with Gasteiger partial charge in [-0.15, -0.1) is 11.3 Å². The molecule has 3 nitrogen and oxygen atoms in total. The van der Waals surface area contributed by atoms with Gasteiger partial charge in [0.2, 0.25) is 0 Å². The Morgan fingerprint density at radius 2 is 2.50 bits per heavy atom. The molecule has 1 aromatic heterocycles. The maximum atomic E-state index is 5.71. The molecule has 0 aliphatic carbocycles. The Bertz CT molecular complexity index is 305. The summed E-state index contributed by atoms with van der Waals surface area (Å²) in [5, 5.41) is 4.56. The average molecular weight is 212 g/mol. The number of ether oxygens (including phenoxy) is 1. The molecule has 2 heterocycles. The summed E-state index contributed by atoms with van der Waals surface area (Å²) >= 11 is 1.79. The van der Waals surface area contributed by atoms with Crippen molar-refractivity contribution < 1.29 is 4.74 Å². The van der Waals surface area contributed by atoms with Gasteiger partial charge in [-0.1, -0.05) is 6.92 Å². The van der Waals surface area contributed by atoms with Gasteiger partial charge < -0.3 is 10.1 Å². The van der Waals surface area contributed by atoms with E-state index in [-0.39, 0.29) is 6.10 Å². The molecule has 1 N–H and O–H groups in total. The quantitative estimate of drug-likeness (QED) is 0.810. The Morgan fingerprint density at radius 1 is 1.64 bits per heavy atom. The summed E-state index contributed by atoms with van der Waals surface area (Å²) in [5.41, 5.74) is 1.14. The smallest absolute Gasteiger partial charge is 0.106 e. The number of aryl methyl sites for hydroxylation is 2. The fourth-order valence-electron chi connectivity index (χ4n) is 1.65. The molecule has 14 heavy (non-hydrogen) atoms. The molecular formula is C10H16N2OS. The number of nitrogens with zero attached hydrogens (tertiary/aromatic N) is 1. The van der Waals surface area contributed by atoms with Gasteiger partial charge in [0.05, 0.1) is 22.2 Å². The van der Waals surface area contributed by atoms with Crippen molar-refractivity contribution >= 4 is 11.3 Å². The Hall–Kier alpha value is -0.450. The predicted molar refractivity (Wildman–Crippen MR) is 57.8 cm³/mol. The maximum absolute atomic E-state index is 5.71. The summed E-state index contributed by atoms with van der Waals surface area (Å²) in [7, 11) is 0. The number of morpholine rings is 1. The van der Waals surface area contributed by atoms with Crippen LogP contribution in [0.2, 0.25) is 0 Å². The zero-order valence-corrected chi connectivity index (χ0v) is 9.49. The monoisotopic (exact) mass is 212 g/mol. The molecule has 2 rings (SSSR count). The number of thiazole rings is 1. The molecule has 1 aliphatic rings. The van der Waals surface area contributed by atoms with E-state index < -0.39 is 0 Å². The number of hydrogen-bond donors (Lipinski definition) is 1. The van der Waals surface area contributed by atoms with Crippen LogP contribution in [0.4, 0.5) is 0 Å². The van der Waals surface area contributed by atoms with Gasteiger partial charge >= 0.3 is 0 Å². The fraction of sp³-hybridized carbons (Fsp3) is 0.700. The zero-order valence-electron chi connectivity index (χ0n) is 8.67. The molecule has 0 radical (unpaired) electrons. The van der Waals surface area contributed by atoms with Gasteiger partial charge in [0.15, 0.2) is 0 Å². The van der Waals surface area contributed by atoms with Crippen LogP contribution in [0.5, 0.6) is 0 Å². The highest BCUT2D eigenvalue weighted by molar-refractivity contribution is 7.11. The third-order valence-corrected chi connectivity index (χ3v) is 3.79. The minimum Gasteiger partial charge on any atom is -0.370 e. The van der Waals surface area contributed by atoms with Gasteiger partial charge in [0.1, 0.15) is 6.10 Å². The summed E-state index contributed by atoms with van der Waals surface area (Å²) in [6.45, 7) is 6.91. The van der Waals surface area contributed by atoms with E-state index >= 15 is 0 Å². The van der Waals surface area contributed by atoms with E-state index in [4.69, 9.17) is 4.74 Å². The van der Waals surface area contributed by atoms with Crippen LogP contribution in [-0.2, 0) is 11.2 Å². The molecule has 78 valence electrons. The van der Waals surface area contributed by atoms with Crippen molar-refractivity contribution in [2.24, 2.45) is 0 Å². The van der Waals surface area contributed by atoms with E-state index in [1.54, 1.807) is 11.3 Å². The van der Waals surface area contributed by atoms with Crippen molar-refractivity contribution in [2.45, 2.75) is 26.4 Å². The molecule has 0 spiro atoms. The van der Waals surface area contributed by atoms with Gasteiger partial charge in [-0.2, -0.15) is 0 Å². The summed E-state index contributed by atoms with van der Waals surface area (Å²) in [6, 6.07) is 0. The summed E-state index contributed by atoms with van der Waals surface area (Å²) in [6.07, 6.45) is 1.24. The molecule has 1 atom stereocenters. The molecule has 1 fully saturated rings. The number of nitrogens with one attached hydrogen (secondary N) is 1. The highest BCUT2D eigenvalue weighted by Crippen LogP contribution is 2.28. The molecule has 0 amide bonds. The highest BCUT2D eigenvalue weighted by Gasteiger charge is 2.20. The molecule has 0 bridgehead atoms. The summed E-state index contributed by atoms with van der Waals surface area (Å²) in [5.74, 6) is 0. The largest absolute Gasteiger partial charge is 0.370 e. The van der Waals surface area contributed by atoms with E-state index in [2.05, 4.69) is 24.1 Å². The van der Waals surface area contributed by atoms with Crippen molar-refractivity contribution in [3.8, 4) is 0 Å². The summed E-state index contributed by atoms with van der Waals surface area (Å²) < 4.78 is 5.71. The van der Waals surface area contributed by atoms with Crippen molar-refractivity contribution in [1.82, 2.24) is 10.3 Å². The second-order valence-corrected chi connectivity index (χ2v) is 4.59. The topological polar surface area (TPSA) is 34.2 Å². The average Bonchev–Trinajstić information content (AvgIpc) is 2.61. The highest BCUT2D eigenvalue weighted by atomic mass is 32.1. The number of hydrogen-bond acceptors (Lipinski definition) is 4. The zero-order chi connectivity index (χ0) is 9.97. The molecule has 1 unspecified atom stereocenters. The number of aromatic nitrogens is 1. The van der Waals surface area contributed by atoms with Gasteiger partial charge in [-0.3, -0.25) is 0 Å². The second kappa shape index (κ2) is 4.38. The van der Waals surface area contributed by atoms with Crippen molar-refractivity contribution in [1.29, 1.82) is 0 Å². The van der Waals surface area contributed by atoms with Gasteiger partial charge in [0, 0.05) is 13.1 Å². The van der Waals surface area contributed by atoms with E-state index in [0.717, 1.165) is 31.8 Å². The molecule has 1 aliphatic heterocycles. The second-order valence-electron chi connectivity index (χ2n) is 3.47. The summed E-state index contributed by atoms with van der Waals surface area (Å²) in [4.78, 5) is 5.82. The van der Waals surface area contributed by atoms with E-state index in [1.807, 2.05) is 0 Å². The Labute approximate surface area is 88.5 Å². The van der Waals surface area contributed by atoms with Crippen molar-refractivity contribution in [2.75, 3.05) is 19.7 Å². The van der Waals surface area contributed by atoms with E-state index in [0.29, 0.717) is 0 Å². The lowest BCUT2D eigenvalue weighted by molar-refractivity contribution is 0.0295. The van der Waals surface area contributed by atoms with E-state index in [9.17, 15) is 0 Å². The van der Waals surface area contributed by atoms with Crippen LogP contribution in [0.3, 0.4) is 0 Å². The Kier molecular flexibility index (Phi) is 3.15. The molecular weight excluding hydrogens is 196 g/mol. The van der Waals surface area contributed by atoms with Crippen LogP contribution in [-0.4, -0.2) is 24.7 Å². The standard InChI is InChI=1S/C10H16N2OS/c1-3-9-12-7(2)10(14-9)8-6-11-4-5-13-8/h8,11H,3-6H2,1-2H3. The van der Waals surface area contributed by atoms with Crippen molar-refractivity contribution in [3.63, 3.8) is 0 Å². The lowest BCUT2D eigenvalue weighted by atomic mass is 10.2. The van der Waals surface area contributed by atoms with E-state index in [1.165, 1.54) is 9.88 Å². The predicted octanol–water partition coefficient (Wildman–Crippen LogP) is 1.67. The first-order chi connectivity index (χ1) is 6.81. The first-order valence-corrected chi connectivity index (χ1v) is 5.91. The van der Waals surface area contributed by atoms with Crippen LogP contribution < -0.4 is 5.32 Å². The van der Waals surface area contributed by atoms with Gasteiger partial charge in [-0.05, 0) is 13.3 Å². The van der Waals surface area contributed by atoms with Crippen LogP contribution in [0, 0.1) is 6.92 Å². The third kappa shape index (κ3) is 1.97. The minimum absolute atomic E-state index is 0.224. The van der Waals surface area contributed by atoms with Crippen LogP contribution in [0.25, 0.3) is 0 Å². The third-order valence-electron chi connectivity index (χ3n) is 2.40. The Balaban J connectivity index is 2.17. The molecule has 1 aromatic rings. The molecule has 0 saturated carbocycles. The minimum atomic E-state index is 0.224. The number of rotatable bonds is 2. The van der Waals surface area contributed by atoms with Crippen LogP contribution in [0.1, 0.15) is 28.6 Å². The molecule has 0 aromatic carbocycles.